The largest absolute Gasteiger partial charge is 0.327 e. The first kappa shape index (κ1) is 19.9. The molecule has 8 heteroatoms. The molecule has 2 aromatic heterocycles. The van der Waals surface area contributed by atoms with Crippen LogP contribution in [0, 0.1) is 24.0 Å². The van der Waals surface area contributed by atoms with Crippen LogP contribution in [-0.2, 0) is 0 Å². The molecule has 152 valence electrons. The van der Waals surface area contributed by atoms with Gasteiger partial charge in [0.1, 0.15) is 17.2 Å². The molecule has 2 amide bonds. The molecule has 2 aromatic carbocycles. The highest BCUT2D eigenvalue weighted by Gasteiger charge is 2.15. The summed E-state index contributed by atoms with van der Waals surface area (Å²) in [5.41, 5.74) is 3.34. The molecule has 0 unspecified atom stereocenters. The lowest BCUT2D eigenvalue weighted by Gasteiger charge is -2.11. The van der Waals surface area contributed by atoms with Crippen molar-refractivity contribution in [2.45, 2.75) is 0 Å². The van der Waals surface area contributed by atoms with Gasteiger partial charge in [-0.3, -0.25) is 0 Å². The maximum absolute atomic E-state index is 13.4. The number of hydrogen-bond donors (Lipinski definition) is 2. The Morgan fingerprint density at radius 2 is 1.52 bits per heavy atom. The van der Waals surface area contributed by atoms with Gasteiger partial charge in [-0.15, -0.1) is 6.42 Å². The van der Waals surface area contributed by atoms with Crippen molar-refractivity contribution in [2.75, 3.05) is 11.9 Å². The number of halogens is 2. The van der Waals surface area contributed by atoms with E-state index in [-0.39, 0.29) is 18.2 Å². The van der Waals surface area contributed by atoms with E-state index in [9.17, 15) is 13.6 Å². The lowest BCUT2D eigenvalue weighted by Crippen LogP contribution is -2.28. The molecule has 0 saturated carbocycles. The fourth-order valence-corrected chi connectivity index (χ4v) is 2.94. The number of carbonyl (C=O) groups is 1. The summed E-state index contributed by atoms with van der Waals surface area (Å²) >= 11 is 0. The van der Waals surface area contributed by atoms with E-state index in [1.54, 1.807) is 30.3 Å². The number of aromatic nitrogens is 3. The van der Waals surface area contributed by atoms with Crippen LogP contribution in [-0.4, -0.2) is 27.5 Å². The highest BCUT2D eigenvalue weighted by atomic mass is 19.1. The van der Waals surface area contributed by atoms with E-state index >= 15 is 0 Å². The van der Waals surface area contributed by atoms with Crippen LogP contribution >= 0.6 is 0 Å². The summed E-state index contributed by atoms with van der Waals surface area (Å²) in [5.74, 6) is 1.55. The van der Waals surface area contributed by atoms with Gasteiger partial charge in [0.25, 0.3) is 0 Å². The highest BCUT2D eigenvalue weighted by molar-refractivity contribution is 5.92. The van der Waals surface area contributed by atoms with Gasteiger partial charge >= 0.3 is 6.03 Å². The summed E-state index contributed by atoms with van der Waals surface area (Å²) in [6.07, 6.45) is 6.57. The number of anilines is 1. The van der Waals surface area contributed by atoms with Crippen LogP contribution in [0.5, 0.6) is 0 Å². The van der Waals surface area contributed by atoms with Crippen molar-refractivity contribution in [1.82, 2.24) is 20.3 Å². The Bertz CT molecular complexity index is 1300. The minimum Gasteiger partial charge on any atom is -0.327 e. The number of carbonyl (C=O) groups excluding carboxylic acids is 1. The molecule has 0 atom stereocenters. The molecule has 0 radical (unpaired) electrons. The van der Waals surface area contributed by atoms with Crippen molar-refractivity contribution in [3.05, 3.63) is 72.4 Å². The molecule has 2 N–H and O–H groups in total. The number of nitrogens with one attached hydrogen (secondary N) is 2. The van der Waals surface area contributed by atoms with E-state index in [2.05, 4.69) is 31.5 Å². The first-order valence-electron chi connectivity index (χ1n) is 9.21. The second-order valence-electron chi connectivity index (χ2n) is 6.51. The number of rotatable bonds is 4. The summed E-state index contributed by atoms with van der Waals surface area (Å²) in [4.78, 5) is 25.4. The number of fused-ring (bicyclic) bond motifs is 1. The third-order valence-corrected chi connectivity index (χ3v) is 4.37. The fourth-order valence-electron chi connectivity index (χ4n) is 2.94. The van der Waals surface area contributed by atoms with Crippen LogP contribution in [0.15, 0.2) is 60.8 Å². The van der Waals surface area contributed by atoms with Gasteiger partial charge in [-0.1, -0.05) is 5.92 Å². The van der Waals surface area contributed by atoms with Gasteiger partial charge in [0, 0.05) is 11.1 Å². The van der Waals surface area contributed by atoms with Crippen molar-refractivity contribution >= 4 is 22.9 Å². The monoisotopic (exact) mass is 415 g/mol. The first-order chi connectivity index (χ1) is 15.0. The van der Waals surface area contributed by atoms with Crippen molar-refractivity contribution in [3.8, 4) is 34.9 Å². The van der Waals surface area contributed by atoms with Gasteiger partial charge in [0.15, 0.2) is 5.65 Å². The van der Waals surface area contributed by atoms with Crippen molar-refractivity contribution in [1.29, 1.82) is 0 Å². The minimum atomic E-state index is -0.478. The third kappa shape index (κ3) is 4.46. The fraction of sp³-hybridized carbons (Fsp3) is 0.0435. The average Bonchev–Trinajstić information content (AvgIpc) is 2.78. The van der Waals surface area contributed by atoms with Gasteiger partial charge < -0.3 is 10.6 Å². The number of terminal acetylenes is 1. The first-order valence-corrected chi connectivity index (χ1v) is 9.21. The van der Waals surface area contributed by atoms with E-state index in [1.165, 1.54) is 30.5 Å². The molecule has 4 rings (SSSR count). The summed E-state index contributed by atoms with van der Waals surface area (Å²) < 4.78 is 26.8. The quantitative estimate of drug-likeness (QED) is 0.485. The maximum Gasteiger partial charge on any atom is 0.320 e. The van der Waals surface area contributed by atoms with Crippen molar-refractivity contribution in [2.24, 2.45) is 0 Å². The number of pyridine rings is 1. The molecule has 0 aliphatic rings. The normalized spacial score (nSPS) is 10.5. The van der Waals surface area contributed by atoms with Crippen molar-refractivity contribution in [3.63, 3.8) is 0 Å². The van der Waals surface area contributed by atoms with E-state index < -0.39 is 6.03 Å². The molecule has 0 aliphatic heterocycles. The maximum atomic E-state index is 13.4. The standard InChI is InChI=1S/C23H15F2N5O/c1-2-11-26-23(31)28-18-12-19-22(27-13-18)30-21(15-5-9-17(25)10-6-15)20(29-19)14-3-7-16(24)8-4-14/h1,3-10,12-13H,11H2,(H2,26,28,31). The predicted molar refractivity (Wildman–Crippen MR) is 114 cm³/mol. The van der Waals surface area contributed by atoms with Crippen LogP contribution in [0.3, 0.4) is 0 Å². The van der Waals surface area contributed by atoms with Crippen molar-refractivity contribution < 1.29 is 13.6 Å². The molecule has 0 fully saturated rings. The Morgan fingerprint density at radius 1 is 0.935 bits per heavy atom. The Labute approximate surface area is 176 Å². The smallest absolute Gasteiger partial charge is 0.320 e. The molecule has 31 heavy (non-hydrogen) atoms. The van der Waals surface area contributed by atoms with E-state index in [4.69, 9.17) is 6.42 Å². The minimum absolute atomic E-state index is 0.0857. The molecule has 0 saturated heterocycles. The zero-order chi connectivity index (χ0) is 21.8. The lowest BCUT2D eigenvalue weighted by atomic mass is 10.0. The third-order valence-electron chi connectivity index (χ3n) is 4.37. The van der Waals surface area contributed by atoms with E-state index in [1.807, 2.05) is 0 Å². The van der Waals surface area contributed by atoms with Gasteiger partial charge in [-0.2, -0.15) is 0 Å². The average molecular weight is 415 g/mol. The second kappa shape index (κ2) is 8.55. The molecule has 0 bridgehead atoms. The van der Waals surface area contributed by atoms with Gasteiger partial charge in [0.2, 0.25) is 0 Å². The Hall–Kier alpha value is -4.38. The molecule has 6 nitrogen and oxygen atoms in total. The Morgan fingerprint density at radius 3 is 2.10 bits per heavy atom. The van der Waals surface area contributed by atoms with E-state index in [0.29, 0.717) is 39.4 Å². The van der Waals surface area contributed by atoms with Gasteiger partial charge in [-0.05, 0) is 54.6 Å². The summed E-state index contributed by atoms with van der Waals surface area (Å²) in [5, 5.41) is 5.11. The molecule has 0 aliphatic carbocycles. The summed E-state index contributed by atoms with van der Waals surface area (Å²) in [7, 11) is 0. The number of benzene rings is 2. The summed E-state index contributed by atoms with van der Waals surface area (Å²) in [6, 6.07) is 12.8. The van der Waals surface area contributed by atoms with Gasteiger partial charge in [0.05, 0.1) is 29.8 Å². The zero-order valence-corrected chi connectivity index (χ0v) is 16.1. The molecular formula is C23H15F2N5O. The summed E-state index contributed by atoms with van der Waals surface area (Å²) in [6.45, 7) is 0.0857. The van der Waals surface area contributed by atoms with Crippen LogP contribution in [0.2, 0.25) is 0 Å². The lowest BCUT2D eigenvalue weighted by molar-refractivity contribution is 0.253. The number of amides is 2. The Kier molecular flexibility index (Phi) is 5.49. The molecule has 0 spiro atoms. The SMILES string of the molecule is C#CCNC(=O)Nc1cnc2nc(-c3ccc(F)cc3)c(-c3ccc(F)cc3)nc2c1. The van der Waals surface area contributed by atoms with Crippen LogP contribution in [0.1, 0.15) is 0 Å². The van der Waals surface area contributed by atoms with E-state index in [0.717, 1.165) is 0 Å². The predicted octanol–water partition coefficient (Wildman–Crippen LogP) is 4.39. The number of urea groups is 1. The molecule has 4 aromatic rings. The van der Waals surface area contributed by atoms with Crippen LogP contribution < -0.4 is 10.6 Å². The zero-order valence-electron chi connectivity index (χ0n) is 16.1. The molecule has 2 heterocycles. The van der Waals surface area contributed by atoms with Gasteiger partial charge in [-0.25, -0.2) is 28.5 Å². The number of hydrogen-bond acceptors (Lipinski definition) is 4. The topological polar surface area (TPSA) is 79.8 Å². The van der Waals surface area contributed by atoms with Crippen LogP contribution in [0.25, 0.3) is 33.7 Å². The van der Waals surface area contributed by atoms with Crippen LogP contribution in [0.4, 0.5) is 19.3 Å². The Balaban J connectivity index is 1.82. The second-order valence-corrected chi connectivity index (χ2v) is 6.51. The molecular weight excluding hydrogens is 400 g/mol. The number of nitrogens with zero attached hydrogens (tertiary/aromatic N) is 3. The highest BCUT2D eigenvalue weighted by Crippen LogP contribution is 2.31.